The lowest BCUT2D eigenvalue weighted by Crippen LogP contribution is -2.04. The van der Waals surface area contributed by atoms with Crippen LogP contribution < -0.4 is 0 Å². The van der Waals surface area contributed by atoms with Gasteiger partial charge in [-0.15, -0.1) is 0 Å². The van der Waals surface area contributed by atoms with Crippen LogP contribution in [-0.4, -0.2) is 4.98 Å². The van der Waals surface area contributed by atoms with Crippen molar-refractivity contribution in [3.8, 4) is 0 Å². The summed E-state index contributed by atoms with van der Waals surface area (Å²) in [5, 5.41) is 0. The fourth-order valence-electron chi connectivity index (χ4n) is 2.76. The van der Waals surface area contributed by atoms with Crippen LogP contribution in [0, 0.1) is 6.42 Å². The summed E-state index contributed by atoms with van der Waals surface area (Å²) < 4.78 is 0. The van der Waals surface area contributed by atoms with Gasteiger partial charge in [-0.2, -0.15) is 0 Å². The molecule has 0 fully saturated rings. The Bertz CT molecular complexity index is 292. The highest BCUT2D eigenvalue weighted by atomic mass is 14.7. The number of hydrogen-bond donors (Lipinski definition) is 1. The molecule has 1 radical (unpaired) electrons. The summed E-state index contributed by atoms with van der Waals surface area (Å²) in [6, 6.07) is 0. The van der Waals surface area contributed by atoms with Crippen LogP contribution in [0.2, 0.25) is 0 Å². The Kier molecular flexibility index (Phi) is 1.71. The molecule has 0 amide bonds. The van der Waals surface area contributed by atoms with Crippen molar-refractivity contribution in [3.63, 3.8) is 0 Å². The van der Waals surface area contributed by atoms with Crippen LogP contribution in [0.5, 0.6) is 0 Å². The topological polar surface area (TPSA) is 15.8 Å². The summed E-state index contributed by atoms with van der Waals surface area (Å²) >= 11 is 0. The van der Waals surface area contributed by atoms with Crippen LogP contribution in [0.4, 0.5) is 0 Å². The van der Waals surface area contributed by atoms with Gasteiger partial charge in [-0.25, -0.2) is 0 Å². The van der Waals surface area contributed by atoms with Crippen molar-refractivity contribution in [2.45, 2.75) is 44.9 Å². The van der Waals surface area contributed by atoms with E-state index in [4.69, 9.17) is 0 Å². The van der Waals surface area contributed by atoms with Gasteiger partial charge in [0.1, 0.15) is 0 Å². The molecule has 1 N–H and O–H groups in total. The molecule has 1 aromatic rings. The average Bonchev–Trinajstić information content (AvgIpc) is 2.56. The lowest BCUT2D eigenvalue weighted by atomic mass is 9.89. The molecule has 0 spiro atoms. The molecular weight excluding hydrogens is 158 g/mol. The molecule has 13 heavy (non-hydrogen) atoms. The van der Waals surface area contributed by atoms with Gasteiger partial charge in [0, 0.05) is 17.8 Å². The van der Waals surface area contributed by atoms with Gasteiger partial charge in [0.05, 0.1) is 0 Å². The number of H-pyrrole nitrogens is 1. The number of aromatic nitrogens is 1. The molecule has 0 aromatic carbocycles. The Balaban J connectivity index is 2.09. The van der Waals surface area contributed by atoms with Crippen LogP contribution >= 0.6 is 0 Å². The number of fused-ring (bicyclic) bond motifs is 3. The van der Waals surface area contributed by atoms with E-state index >= 15 is 0 Å². The predicted molar refractivity (Wildman–Crippen MR) is 53.8 cm³/mol. The first-order valence-electron chi connectivity index (χ1n) is 5.51. The first-order valence-corrected chi connectivity index (χ1v) is 5.51. The van der Waals surface area contributed by atoms with Crippen molar-refractivity contribution >= 4 is 0 Å². The average molecular weight is 174 g/mol. The molecule has 0 aliphatic heterocycles. The molecule has 0 unspecified atom stereocenters. The third kappa shape index (κ3) is 1.13. The van der Waals surface area contributed by atoms with E-state index in [1.165, 1.54) is 50.6 Å². The molecule has 69 valence electrons. The van der Waals surface area contributed by atoms with Crippen LogP contribution in [0.3, 0.4) is 0 Å². The first kappa shape index (κ1) is 7.66. The summed E-state index contributed by atoms with van der Waals surface area (Å²) in [5.41, 5.74) is 6.34. The summed E-state index contributed by atoms with van der Waals surface area (Å²) in [6.07, 6.45) is 11.7. The van der Waals surface area contributed by atoms with Crippen LogP contribution in [-0.2, 0) is 19.3 Å². The Morgan fingerprint density at radius 2 is 1.77 bits per heavy atom. The van der Waals surface area contributed by atoms with E-state index in [2.05, 4.69) is 11.4 Å². The second-order valence-electron chi connectivity index (χ2n) is 4.28. The molecule has 1 nitrogen and oxygen atoms in total. The fraction of sp³-hybridized carbons (Fsp3) is 0.583. The maximum Gasteiger partial charge on any atom is 0.0222 e. The van der Waals surface area contributed by atoms with Gasteiger partial charge in [-0.1, -0.05) is 0 Å². The Morgan fingerprint density at radius 3 is 2.77 bits per heavy atom. The molecule has 0 saturated carbocycles. The number of hydrogen-bond acceptors (Lipinski definition) is 0. The smallest absolute Gasteiger partial charge is 0.0222 e. The van der Waals surface area contributed by atoms with E-state index < -0.39 is 0 Å². The largest absolute Gasteiger partial charge is 0.362 e. The lowest BCUT2D eigenvalue weighted by Gasteiger charge is -2.14. The highest BCUT2D eigenvalue weighted by Gasteiger charge is 2.21. The number of nitrogens with one attached hydrogen (secondary N) is 1. The Hall–Kier alpha value is -0.720. The molecule has 1 heteroatoms. The second-order valence-corrected chi connectivity index (χ2v) is 4.28. The zero-order chi connectivity index (χ0) is 8.67. The first-order chi connectivity index (χ1) is 6.45. The van der Waals surface area contributed by atoms with Gasteiger partial charge in [-0.05, 0) is 56.1 Å². The van der Waals surface area contributed by atoms with Gasteiger partial charge in [0.2, 0.25) is 0 Å². The molecule has 1 aromatic heterocycles. The molecular formula is C12H16N. The molecule has 1 heterocycles. The van der Waals surface area contributed by atoms with E-state index in [9.17, 15) is 0 Å². The van der Waals surface area contributed by atoms with E-state index in [1.807, 2.05) is 0 Å². The monoisotopic (exact) mass is 174 g/mol. The van der Waals surface area contributed by atoms with E-state index in [1.54, 1.807) is 16.8 Å². The SMILES string of the molecule is [CH]1CCCc2c1[nH]c1c2CCCC1. The maximum absolute atomic E-state index is 3.60. The fourth-order valence-corrected chi connectivity index (χ4v) is 2.76. The van der Waals surface area contributed by atoms with E-state index in [0.717, 1.165) is 0 Å². The molecule has 2 aliphatic carbocycles. The lowest BCUT2D eigenvalue weighted by molar-refractivity contribution is 0.671. The van der Waals surface area contributed by atoms with Gasteiger partial charge < -0.3 is 4.98 Å². The van der Waals surface area contributed by atoms with Gasteiger partial charge in [-0.3, -0.25) is 0 Å². The van der Waals surface area contributed by atoms with Gasteiger partial charge >= 0.3 is 0 Å². The summed E-state index contributed by atoms with van der Waals surface area (Å²) in [5.74, 6) is 0. The summed E-state index contributed by atoms with van der Waals surface area (Å²) in [4.78, 5) is 3.60. The maximum atomic E-state index is 3.60. The van der Waals surface area contributed by atoms with Crippen molar-refractivity contribution in [3.05, 3.63) is 28.9 Å². The van der Waals surface area contributed by atoms with Gasteiger partial charge in [0.25, 0.3) is 0 Å². The quantitative estimate of drug-likeness (QED) is 0.622. The van der Waals surface area contributed by atoms with Crippen molar-refractivity contribution in [2.24, 2.45) is 0 Å². The van der Waals surface area contributed by atoms with Gasteiger partial charge in [0.15, 0.2) is 0 Å². The minimum absolute atomic E-state index is 1.27. The molecule has 0 saturated heterocycles. The number of aromatic amines is 1. The van der Waals surface area contributed by atoms with Crippen LogP contribution in [0.1, 0.15) is 48.2 Å². The highest BCUT2D eigenvalue weighted by molar-refractivity contribution is 5.43. The summed E-state index contributed by atoms with van der Waals surface area (Å²) in [6.45, 7) is 0. The molecule has 2 aliphatic rings. The minimum Gasteiger partial charge on any atom is -0.362 e. The van der Waals surface area contributed by atoms with Crippen LogP contribution in [0.25, 0.3) is 0 Å². The highest BCUT2D eigenvalue weighted by Crippen LogP contribution is 2.32. The van der Waals surface area contributed by atoms with Crippen molar-refractivity contribution in [2.75, 3.05) is 0 Å². The van der Waals surface area contributed by atoms with Crippen LogP contribution in [0.15, 0.2) is 0 Å². The number of rotatable bonds is 0. The Labute approximate surface area is 79.5 Å². The standard InChI is InChI=1S/C12H16N/c1-3-7-11-9(5-1)10-6-2-4-8-12(10)13-11/h7,13H,1-6,8H2. The van der Waals surface area contributed by atoms with Crippen molar-refractivity contribution in [1.29, 1.82) is 0 Å². The molecule has 0 atom stereocenters. The zero-order valence-corrected chi connectivity index (χ0v) is 8.03. The third-order valence-electron chi connectivity index (χ3n) is 3.42. The van der Waals surface area contributed by atoms with E-state index in [0.29, 0.717) is 0 Å². The van der Waals surface area contributed by atoms with Crippen molar-refractivity contribution < 1.29 is 0 Å². The second kappa shape index (κ2) is 2.90. The zero-order valence-electron chi connectivity index (χ0n) is 8.03. The predicted octanol–water partition coefficient (Wildman–Crippen LogP) is 2.78. The molecule has 0 bridgehead atoms. The minimum atomic E-state index is 1.27. The van der Waals surface area contributed by atoms with E-state index in [-0.39, 0.29) is 0 Å². The normalized spacial score (nSPS) is 20.9. The number of aryl methyl sites for hydroxylation is 1. The molecule has 3 rings (SSSR count). The third-order valence-corrected chi connectivity index (χ3v) is 3.42. The summed E-state index contributed by atoms with van der Waals surface area (Å²) in [7, 11) is 0. The Morgan fingerprint density at radius 1 is 0.923 bits per heavy atom. The van der Waals surface area contributed by atoms with Crippen molar-refractivity contribution in [1.82, 2.24) is 4.98 Å².